The number of hydrogen-bond donors (Lipinski definition) is 2. The Morgan fingerprint density at radius 2 is 1.84 bits per heavy atom. The van der Waals surface area contributed by atoms with Gasteiger partial charge >= 0.3 is 0 Å². The van der Waals surface area contributed by atoms with Crippen molar-refractivity contribution in [1.29, 1.82) is 0 Å². The summed E-state index contributed by atoms with van der Waals surface area (Å²) in [5.74, 6) is 0. The van der Waals surface area contributed by atoms with Gasteiger partial charge < -0.3 is 5.11 Å². The zero-order valence-corrected chi connectivity index (χ0v) is 12.4. The van der Waals surface area contributed by atoms with Crippen LogP contribution in [0.2, 0.25) is 0 Å². The molecule has 1 aliphatic rings. The van der Waals surface area contributed by atoms with Crippen LogP contribution in [-0.4, -0.2) is 35.5 Å². The number of aliphatic hydroxyl groups excluding tert-OH is 1. The first-order valence-corrected chi connectivity index (χ1v) is 8.00. The summed E-state index contributed by atoms with van der Waals surface area (Å²) in [6.45, 7) is 3.45. The Kier molecular flexibility index (Phi) is 3.98. The highest BCUT2D eigenvalue weighted by Gasteiger charge is 2.28. The SMILES string of the molecule is Cc1nn(C)c(C)c1S(=O)(=O)NC1CCC(O)CC1. The first-order chi connectivity index (χ1) is 8.81. The lowest BCUT2D eigenvalue weighted by Crippen LogP contribution is -2.38. The van der Waals surface area contributed by atoms with Crippen LogP contribution >= 0.6 is 0 Å². The van der Waals surface area contributed by atoms with E-state index in [0.29, 0.717) is 37.1 Å². The van der Waals surface area contributed by atoms with Crippen LogP contribution in [0.25, 0.3) is 0 Å². The third-order valence-electron chi connectivity index (χ3n) is 3.73. The van der Waals surface area contributed by atoms with Gasteiger partial charge in [0.15, 0.2) is 0 Å². The maximum Gasteiger partial charge on any atom is 0.244 e. The molecule has 0 amide bonds. The van der Waals surface area contributed by atoms with E-state index in [1.54, 1.807) is 25.6 Å². The Hall–Kier alpha value is -0.920. The van der Waals surface area contributed by atoms with Crippen LogP contribution < -0.4 is 4.72 Å². The molecule has 2 rings (SSSR count). The molecule has 1 aromatic rings. The fourth-order valence-electron chi connectivity index (χ4n) is 2.62. The first-order valence-electron chi connectivity index (χ1n) is 6.52. The second-order valence-corrected chi connectivity index (χ2v) is 6.90. The van der Waals surface area contributed by atoms with Crippen molar-refractivity contribution in [2.75, 3.05) is 0 Å². The van der Waals surface area contributed by atoms with Crippen LogP contribution in [0, 0.1) is 13.8 Å². The molecule has 108 valence electrons. The van der Waals surface area contributed by atoms with Gasteiger partial charge in [0.2, 0.25) is 10.0 Å². The maximum absolute atomic E-state index is 12.4. The molecular formula is C12H21N3O3S. The molecule has 0 spiro atoms. The summed E-state index contributed by atoms with van der Waals surface area (Å²) in [4.78, 5) is 0.279. The first kappa shape index (κ1) is 14.5. The molecule has 1 saturated carbocycles. The van der Waals surface area contributed by atoms with Crippen LogP contribution in [-0.2, 0) is 17.1 Å². The fourth-order valence-corrected chi connectivity index (χ4v) is 4.36. The van der Waals surface area contributed by atoms with Crippen molar-refractivity contribution in [1.82, 2.24) is 14.5 Å². The van der Waals surface area contributed by atoms with Crippen LogP contribution in [0.4, 0.5) is 0 Å². The van der Waals surface area contributed by atoms with Gasteiger partial charge in [-0.3, -0.25) is 4.68 Å². The van der Waals surface area contributed by atoms with Crippen molar-refractivity contribution in [3.63, 3.8) is 0 Å². The Bertz CT molecular complexity index is 557. The normalized spacial score (nSPS) is 24.6. The lowest BCUT2D eigenvalue weighted by atomic mass is 9.94. The molecule has 0 saturated heterocycles. The van der Waals surface area contributed by atoms with Crippen molar-refractivity contribution in [2.24, 2.45) is 7.05 Å². The van der Waals surface area contributed by atoms with Gasteiger partial charge in [0.25, 0.3) is 0 Å². The maximum atomic E-state index is 12.4. The van der Waals surface area contributed by atoms with E-state index in [0.717, 1.165) is 0 Å². The summed E-state index contributed by atoms with van der Waals surface area (Å²) in [6, 6.07) is -0.0904. The largest absolute Gasteiger partial charge is 0.393 e. The van der Waals surface area contributed by atoms with Crippen molar-refractivity contribution in [3.8, 4) is 0 Å². The zero-order chi connectivity index (χ0) is 14.2. The molecule has 0 atom stereocenters. The third kappa shape index (κ3) is 2.98. The lowest BCUT2D eigenvalue weighted by molar-refractivity contribution is 0.120. The summed E-state index contributed by atoms with van der Waals surface area (Å²) in [6.07, 6.45) is 2.37. The molecule has 7 heteroatoms. The minimum atomic E-state index is -3.53. The molecule has 2 N–H and O–H groups in total. The second-order valence-electron chi connectivity index (χ2n) is 5.25. The van der Waals surface area contributed by atoms with E-state index in [9.17, 15) is 13.5 Å². The Balaban J connectivity index is 2.19. The van der Waals surface area contributed by atoms with Crippen LogP contribution in [0.1, 0.15) is 37.1 Å². The topological polar surface area (TPSA) is 84.2 Å². The van der Waals surface area contributed by atoms with Gasteiger partial charge in [-0.15, -0.1) is 0 Å². The quantitative estimate of drug-likeness (QED) is 0.853. The summed E-state index contributed by atoms with van der Waals surface area (Å²) >= 11 is 0. The molecule has 0 aromatic carbocycles. The van der Waals surface area contributed by atoms with Gasteiger partial charge in [0.05, 0.1) is 17.5 Å². The molecule has 0 bridgehead atoms. The van der Waals surface area contributed by atoms with Crippen molar-refractivity contribution >= 4 is 10.0 Å². The molecule has 0 radical (unpaired) electrons. The molecular weight excluding hydrogens is 266 g/mol. The van der Waals surface area contributed by atoms with Gasteiger partial charge in [-0.25, -0.2) is 13.1 Å². The number of aliphatic hydroxyl groups is 1. The molecule has 0 aliphatic heterocycles. The van der Waals surface area contributed by atoms with E-state index >= 15 is 0 Å². The van der Waals surface area contributed by atoms with Crippen molar-refractivity contribution in [3.05, 3.63) is 11.4 Å². The summed E-state index contributed by atoms with van der Waals surface area (Å²) in [7, 11) is -1.80. The number of aryl methyl sites for hydroxylation is 2. The predicted octanol–water partition coefficient (Wildman–Crippen LogP) is 0.619. The van der Waals surface area contributed by atoms with Gasteiger partial charge in [-0.2, -0.15) is 5.10 Å². The van der Waals surface area contributed by atoms with Gasteiger partial charge in [0, 0.05) is 13.1 Å². The summed E-state index contributed by atoms with van der Waals surface area (Å²) in [5, 5.41) is 13.6. The highest BCUT2D eigenvalue weighted by molar-refractivity contribution is 7.89. The molecule has 6 nitrogen and oxygen atoms in total. The summed E-state index contributed by atoms with van der Waals surface area (Å²) < 4.78 is 29.1. The average molecular weight is 287 g/mol. The van der Waals surface area contributed by atoms with E-state index in [4.69, 9.17) is 0 Å². The van der Waals surface area contributed by atoms with Crippen LogP contribution in [0.5, 0.6) is 0 Å². The second kappa shape index (κ2) is 5.22. The summed E-state index contributed by atoms with van der Waals surface area (Å²) in [5.41, 5.74) is 1.16. The number of rotatable bonds is 3. The minimum Gasteiger partial charge on any atom is -0.393 e. The third-order valence-corrected chi connectivity index (χ3v) is 5.50. The van der Waals surface area contributed by atoms with Crippen molar-refractivity contribution in [2.45, 2.75) is 56.6 Å². The monoisotopic (exact) mass is 287 g/mol. The standard InChI is InChI=1S/C12H21N3O3S/c1-8-12(9(2)15(3)13-8)19(17,18)14-10-4-6-11(16)7-5-10/h10-11,14,16H,4-7H2,1-3H3. The minimum absolute atomic E-state index is 0.0904. The van der Waals surface area contributed by atoms with E-state index in [1.165, 1.54) is 0 Å². The Morgan fingerprint density at radius 1 is 1.26 bits per heavy atom. The highest BCUT2D eigenvalue weighted by atomic mass is 32.2. The van der Waals surface area contributed by atoms with Crippen molar-refractivity contribution < 1.29 is 13.5 Å². The number of hydrogen-bond acceptors (Lipinski definition) is 4. The number of nitrogens with zero attached hydrogens (tertiary/aromatic N) is 2. The molecule has 0 unspecified atom stereocenters. The number of nitrogens with one attached hydrogen (secondary N) is 1. The predicted molar refractivity (Wildman–Crippen MR) is 71.3 cm³/mol. The molecule has 19 heavy (non-hydrogen) atoms. The van der Waals surface area contributed by atoms with E-state index in [2.05, 4.69) is 9.82 Å². The van der Waals surface area contributed by atoms with E-state index in [-0.39, 0.29) is 17.0 Å². The molecule has 1 aromatic heterocycles. The lowest BCUT2D eigenvalue weighted by Gasteiger charge is -2.26. The zero-order valence-electron chi connectivity index (χ0n) is 11.5. The van der Waals surface area contributed by atoms with E-state index in [1.807, 2.05) is 0 Å². The smallest absolute Gasteiger partial charge is 0.244 e. The molecule has 1 aliphatic carbocycles. The van der Waals surface area contributed by atoms with Gasteiger partial charge in [-0.05, 0) is 39.5 Å². The number of aromatic nitrogens is 2. The molecule has 1 fully saturated rings. The van der Waals surface area contributed by atoms with Crippen LogP contribution in [0.15, 0.2) is 4.90 Å². The highest BCUT2D eigenvalue weighted by Crippen LogP contribution is 2.23. The van der Waals surface area contributed by atoms with E-state index < -0.39 is 10.0 Å². The van der Waals surface area contributed by atoms with Gasteiger partial charge in [-0.1, -0.05) is 0 Å². The molecule has 1 heterocycles. The fraction of sp³-hybridized carbons (Fsp3) is 0.750. The Labute approximate surface area is 113 Å². The Morgan fingerprint density at radius 3 is 2.32 bits per heavy atom. The van der Waals surface area contributed by atoms with Gasteiger partial charge in [0.1, 0.15) is 4.90 Å². The average Bonchev–Trinajstić information content (AvgIpc) is 2.56. The number of sulfonamides is 1. The van der Waals surface area contributed by atoms with Crippen LogP contribution in [0.3, 0.4) is 0 Å².